The number of piperidine rings is 1. The summed E-state index contributed by atoms with van der Waals surface area (Å²) in [6, 6.07) is 21.6. The Balaban J connectivity index is 1.16. The second-order valence-corrected chi connectivity index (χ2v) is 9.66. The van der Waals surface area contributed by atoms with Crippen LogP contribution in [0.3, 0.4) is 0 Å². The van der Waals surface area contributed by atoms with Crippen molar-refractivity contribution >= 4 is 45.3 Å². The van der Waals surface area contributed by atoms with E-state index in [1.807, 2.05) is 71.6 Å². The Kier molecular flexibility index (Phi) is 5.97. The van der Waals surface area contributed by atoms with Crippen LogP contribution in [0, 0.1) is 5.92 Å². The maximum absolute atomic E-state index is 13.3. The Morgan fingerprint density at radius 3 is 2.22 bits per heavy atom. The predicted octanol–water partition coefficient (Wildman–Crippen LogP) is 4.87. The SMILES string of the molecule is O=C(Nc1nc2ccccc2nc1N1CCCC1)C1CCN(C(=O)c2cccc3ccccc23)CC1. The minimum absolute atomic E-state index is 0.0300. The molecule has 3 aromatic carbocycles. The second kappa shape index (κ2) is 9.57. The molecule has 2 saturated heterocycles. The number of rotatable bonds is 4. The fraction of sp³-hybridized carbons (Fsp3) is 0.310. The number of anilines is 2. The van der Waals surface area contributed by atoms with Gasteiger partial charge in [-0.1, -0.05) is 48.5 Å². The van der Waals surface area contributed by atoms with Crippen molar-refractivity contribution in [3.05, 3.63) is 72.3 Å². The van der Waals surface area contributed by atoms with E-state index in [4.69, 9.17) is 9.97 Å². The van der Waals surface area contributed by atoms with Crippen molar-refractivity contribution < 1.29 is 9.59 Å². The molecule has 2 amide bonds. The van der Waals surface area contributed by atoms with Gasteiger partial charge in [0.2, 0.25) is 5.91 Å². The second-order valence-electron chi connectivity index (χ2n) is 9.66. The molecule has 0 unspecified atom stereocenters. The molecule has 4 aromatic rings. The number of benzene rings is 3. The van der Waals surface area contributed by atoms with Crippen molar-refractivity contribution in [2.24, 2.45) is 5.92 Å². The summed E-state index contributed by atoms with van der Waals surface area (Å²) in [7, 11) is 0. The maximum atomic E-state index is 13.3. The molecule has 1 N–H and O–H groups in total. The maximum Gasteiger partial charge on any atom is 0.254 e. The average molecular weight is 480 g/mol. The molecule has 6 rings (SSSR count). The number of nitrogens with one attached hydrogen (secondary N) is 1. The van der Waals surface area contributed by atoms with E-state index in [-0.39, 0.29) is 17.7 Å². The molecule has 0 bridgehead atoms. The van der Waals surface area contributed by atoms with E-state index < -0.39 is 0 Å². The van der Waals surface area contributed by atoms with Crippen molar-refractivity contribution in [1.82, 2.24) is 14.9 Å². The van der Waals surface area contributed by atoms with Gasteiger partial charge in [0.25, 0.3) is 5.91 Å². The van der Waals surface area contributed by atoms with Crippen molar-refractivity contribution in [2.45, 2.75) is 25.7 Å². The first-order valence-electron chi connectivity index (χ1n) is 12.8. The van der Waals surface area contributed by atoms with Gasteiger partial charge in [-0.15, -0.1) is 0 Å². The quantitative estimate of drug-likeness (QED) is 0.452. The van der Waals surface area contributed by atoms with Crippen molar-refractivity contribution in [3.63, 3.8) is 0 Å². The van der Waals surface area contributed by atoms with Crippen molar-refractivity contribution in [3.8, 4) is 0 Å². The predicted molar refractivity (Wildman–Crippen MR) is 142 cm³/mol. The first-order chi connectivity index (χ1) is 17.7. The Labute approximate surface area is 210 Å². The summed E-state index contributed by atoms with van der Waals surface area (Å²) < 4.78 is 0. The highest BCUT2D eigenvalue weighted by Gasteiger charge is 2.30. The molecular formula is C29H29N5O2. The Bertz CT molecular complexity index is 1430. The molecule has 0 saturated carbocycles. The number of hydrogen-bond donors (Lipinski definition) is 1. The lowest BCUT2D eigenvalue weighted by Crippen LogP contribution is -2.41. The Morgan fingerprint density at radius 1 is 0.778 bits per heavy atom. The fourth-order valence-electron chi connectivity index (χ4n) is 5.37. The summed E-state index contributed by atoms with van der Waals surface area (Å²) in [5, 5.41) is 5.12. The summed E-state index contributed by atoms with van der Waals surface area (Å²) in [4.78, 5) is 40.3. The van der Waals surface area contributed by atoms with Gasteiger partial charge in [-0.2, -0.15) is 0 Å². The molecule has 0 radical (unpaired) electrons. The number of nitrogens with zero attached hydrogens (tertiary/aromatic N) is 4. The lowest BCUT2D eigenvalue weighted by atomic mass is 9.95. The number of aromatic nitrogens is 2. The van der Waals surface area contributed by atoms with E-state index in [0.717, 1.165) is 59.1 Å². The first-order valence-corrected chi connectivity index (χ1v) is 12.8. The van der Waals surface area contributed by atoms with Crippen molar-refractivity contribution in [1.29, 1.82) is 0 Å². The normalized spacial score (nSPS) is 16.6. The molecule has 2 aliphatic rings. The third kappa shape index (κ3) is 4.26. The Hall–Kier alpha value is -4.00. The minimum Gasteiger partial charge on any atom is -0.354 e. The van der Waals surface area contributed by atoms with E-state index in [0.29, 0.717) is 31.7 Å². The van der Waals surface area contributed by atoms with E-state index in [1.165, 1.54) is 0 Å². The van der Waals surface area contributed by atoms with Crippen LogP contribution in [0.4, 0.5) is 11.6 Å². The highest BCUT2D eigenvalue weighted by molar-refractivity contribution is 6.07. The van der Waals surface area contributed by atoms with Crippen molar-refractivity contribution in [2.75, 3.05) is 36.4 Å². The summed E-state index contributed by atoms with van der Waals surface area (Å²) in [5.74, 6) is 1.11. The largest absolute Gasteiger partial charge is 0.354 e. The van der Waals surface area contributed by atoms with Gasteiger partial charge in [0.1, 0.15) is 0 Å². The van der Waals surface area contributed by atoms with Gasteiger partial charge < -0.3 is 15.1 Å². The van der Waals surface area contributed by atoms with Crippen LogP contribution in [-0.4, -0.2) is 52.9 Å². The molecule has 2 aliphatic heterocycles. The highest BCUT2D eigenvalue weighted by atomic mass is 16.2. The highest BCUT2D eigenvalue weighted by Crippen LogP contribution is 2.30. The lowest BCUT2D eigenvalue weighted by molar-refractivity contribution is -0.121. The molecule has 182 valence electrons. The molecule has 7 nitrogen and oxygen atoms in total. The van der Waals surface area contributed by atoms with Crippen LogP contribution in [-0.2, 0) is 4.79 Å². The van der Waals surface area contributed by atoms with Gasteiger partial charge in [0.15, 0.2) is 11.6 Å². The van der Waals surface area contributed by atoms with Gasteiger partial charge in [0, 0.05) is 37.7 Å². The summed E-state index contributed by atoms with van der Waals surface area (Å²) >= 11 is 0. The van der Waals surface area contributed by atoms with E-state index >= 15 is 0 Å². The summed E-state index contributed by atoms with van der Waals surface area (Å²) in [5.41, 5.74) is 2.32. The molecular weight excluding hydrogens is 450 g/mol. The monoisotopic (exact) mass is 479 g/mol. The zero-order valence-corrected chi connectivity index (χ0v) is 20.2. The molecule has 0 aliphatic carbocycles. The summed E-state index contributed by atoms with van der Waals surface area (Å²) in [6.45, 7) is 2.96. The number of fused-ring (bicyclic) bond motifs is 2. The zero-order valence-electron chi connectivity index (χ0n) is 20.2. The standard InChI is InChI=1S/C29H29N5O2/c35-28(32-26-27(33-16-5-6-17-33)31-25-13-4-3-12-24(25)30-26)21-14-18-34(19-15-21)29(36)23-11-7-9-20-8-1-2-10-22(20)23/h1-4,7-13,21H,5-6,14-19H2,(H,30,32,35). The van der Waals surface area contributed by atoms with E-state index in [1.54, 1.807) is 0 Å². The van der Waals surface area contributed by atoms with Gasteiger partial charge in [-0.05, 0) is 54.7 Å². The first kappa shape index (κ1) is 22.5. The molecule has 2 fully saturated rings. The van der Waals surface area contributed by atoms with Gasteiger partial charge in [-0.25, -0.2) is 9.97 Å². The number of likely N-dealkylation sites (tertiary alicyclic amines) is 1. The van der Waals surface area contributed by atoms with Crippen LogP contribution in [0.25, 0.3) is 21.8 Å². The third-order valence-corrected chi connectivity index (χ3v) is 7.37. The number of carbonyl (C=O) groups is 2. The number of carbonyl (C=O) groups excluding carboxylic acids is 2. The van der Waals surface area contributed by atoms with Crippen LogP contribution in [0.5, 0.6) is 0 Å². The van der Waals surface area contributed by atoms with Crippen LogP contribution in [0.15, 0.2) is 66.7 Å². The van der Waals surface area contributed by atoms with Gasteiger partial charge in [-0.3, -0.25) is 9.59 Å². The zero-order chi connectivity index (χ0) is 24.5. The number of hydrogen-bond acceptors (Lipinski definition) is 5. The Morgan fingerprint density at radius 2 is 1.44 bits per heavy atom. The molecule has 3 heterocycles. The van der Waals surface area contributed by atoms with E-state index in [2.05, 4.69) is 10.2 Å². The van der Waals surface area contributed by atoms with E-state index in [9.17, 15) is 9.59 Å². The molecule has 0 atom stereocenters. The summed E-state index contributed by atoms with van der Waals surface area (Å²) in [6.07, 6.45) is 3.49. The van der Waals surface area contributed by atoms with Crippen LogP contribution in [0.2, 0.25) is 0 Å². The van der Waals surface area contributed by atoms with Gasteiger partial charge >= 0.3 is 0 Å². The molecule has 36 heavy (non-hydrogen) atoms. The molecule has 7 heteroatoms. The molecule has 0 spiro atoms. The topological polar surface area (TPSA) is 78.4 Å². The van der Waals surface area contributed by atoms with Crippen LogP contribution in [0.1, 0.15) is 36.0 Å². The van der Waals surface area contributed by atoms with Crippen LogP contribution >= 0.6 is 0 Å². The van der Waals surface area contributed by atoms with Gasteiger partial charge in [0.05, 0.1) is 11.0 Å². The third-order valence-electron chi connectivity index (χ3n) is 7.37. The average Bonchev–Trinajstić information content (AvgIpc) is 3.47. The molecule has 1 aromatic heterocycles. The number of para-hydroxylation sites is 2. The van der Waals surface area contributed by atoms with Crippen LogP contribution < -0.4 is 10.2 Å². The number of amides is 2. The lowest BCUT2D eigenvalue weighted by Gasteiger charge is -2.32. The minimum atomic E-state index is -0.165. The fourth-order valence-corrected chi connectivity index (χ4v) is 5.37. The smallest absolute Gasteiger partial charge is 0.254 e.